The van der Waals surface area contributed by atoms with Gasteiger partial charge in [-0.25, -0.2) is 4.39 Å². The third kappa shape index (κ3) is 5.50. The van der Waals surface area contributed by atoms with Gasteiger partial charge in [-0.3, -0.25) is 4.79 Å². The highest BCUT2D eigenvalue weighted by Crippen LogP contribution is 2.20. The fraction of sp³-hybridized carbons (Fsp3) is 0.235. The maximum Gasteiger partial charge on any atom is 0.230 e. The van der Waals surface area contributed by atoms with E-state index in [4.69, 9.17) is 0 Å². The lowest BCUT2D eigenvalue weighted by molar-refractivity contribution is -0.119. The molecule has 1 atom stereocenters. The molecule has 0 saturated carbocycles. The minimum absolute atomic E-state index is 0.124. The summed E-state index contributed by atoms with van der Waals surface area (Å²) in [6.45, 7) is 0.186. The van der Waals surface area contributed by atoms with Gasteiger partial charge in [0.25, 0.3) is 0 Å². The summed E-state index contributed by atoms with van der Waals surface area (Å²) < 4.78 is 13.4. The summed E-state index contributed by atoms with van der Waals surface area (Å²) >= 11 is 1.14. The number of hydrogen-bond donors (Lipinski definition) is 2. The lowest BCUT2D eigenvalue weighted by atomic mass is 10.1. The van der Waals surface area contributed by atoms with E-state index in [2.05, 4.69) is 5.32 Å². The van der Waals surface area contributed by atoms with Crippen molar-refractivity contribution >= 4 is 17.7 Å². The van der Waals surface area contributed by atoms with Crippen LogP contribution in [0.4, 0.5) is 4.39 Å². The van der Waals surface area contributed by atoms with Crippen molar-refractivity contribution in [1.82, 2.24) is 5.32 Å². The fourth-order valence-corrected chi connectivity index (χ4v) is 2.72. The van der Waals surface area contributed by atoms with E-state index >= 15 is 0 Å². The van der Waals surface area contributed by atoms with Crippen molar-refractivity contribution in [2.45, 2.75) is 17.4 Å². The van der Waals surface area contributed by atoms with Gasteiger partial charge in [0.1, 0.15) is 5.82 Å². The zero-order valence-corrected chi connectivity index (χ0v) is 12.9. The van der Waals surface area contributed by atoms with E-state index in [9.17, 15) is 14.3 Å². The zero-order chi connectivity index (χ0) is 15.8. The molecule has 2 aromatic rings. The van der Waals surface area contributed by atoms with Gasteiger partial charge < -0.3 is 10.4 Å². The Kier molecular flexibility index (Phi) is 6.43. The van der Waals surface area contributed by atoms with Crippen LogP contribution in [0.5, 0.6) is 0 Å². The number of thioether (sulfide) groups is 1. The number of rotatable bonds is 7. The molecular formula is C17H18FNO2S. The van der Waals surface area contributed by atoms with Gasteiger partial charge in [0.15, 0.2) is 0 Å². The second kappa shape index (κ2) is 8.56. The monoisotopic (exact) mass is 319 g/mol. The largest absolute Gasteiger partial charge is 0.391 e. The van der Waals surface area contributed by atoms with E-state index in [0.717, 1.165) is 17.3 Å². The van der Waals surface area contributed by atoms with Crippen LogP contribution in [-0.2, 0) is 11.2 Å². The molecule has 5 heteroatoms. The van der Waals surface area contributed by atoms with Gasteiger partial charge in [-0.2, -0.15) is 0 Å². The van der Waals surface area contributed by atoms with Crippen molar-refractivity contribution in [3.8, 4) is 0 Å². The van der Waals surface area contributed by atoms with Gasteiger partial charge in [0.05, 0.1) is 11.9 Å². The molecule has 22 heavy (non-hydrogen) atoms. The summed E-state index contributed by atoms with van der Waals surface area (Å²) in [5.41, 5.74) is 1.02. The summed E-state index contributed by atoms with van der Waals surface area (Å²) in [5, 5.41) is 12.6. The van der Waals surface area contributed by atoms with Crippen molar-refractivity contribution in [1.29, 1.82) is 0 Å². The smallest absolute Gasteiger partial charge is 0.230 e. The highest BCUT2D eigenvalue weighted by molar-refractivity contribution is 8.00. The molecule has 0 fully saturated rings. The van der Waals surface area contributed by atoms with E-state index in [0.29, 0.717) is 11.3 Å². The molecule has 1 amide bonds. The number of aliphatic hydroxyl groups is 1. The normalized spacial score (nSPS) is 11.9. The average molecular weight is 319 g/mol. The van der Waals surface area contributed by atoms with Gasteiger partial charge in [-0.05, 0) is 17.7 Å². The van der Waals surface area contributed by atoms with Crippen molar-refractivity contribution < 1.29 is 14.3 Å². The quantitative estimate of drug-likeness (QED) is 0.771. The van der Waals surface area contributed by atoms with Gasteiger partial charge in [-0.15, -0.1) is 11.8 Å². The van der Waals surface area contributed by atoms with Gasteiger partial charge >= 0.3 is 0 Å². The molecule has 2 rings (SSSR count). The Morgan fingerprint density at radius 1 is 1.14 bits per heavy atom. The molecule has 0 saturated heterocycles. The van der Waals surface area contributed by atoms with E-state index in [1.807, 2.05) is 30.3 Å². The molecule has 2 N–H and O–H groups in total. The number of carbonyl (C=O) groups excluding carboxylic acids is 1. The molecule has 116 valence electrons. The topological polar surface area (TPSA) is 49.3 Å². The lowest BCUT2D eigenvalue weighted by Gasteiger charge is -2.12. The summed E-state index contributed by atoms with van der Waals surface area (Å²) in [7, 11) is 0. The van der Waals surface area contributed by atoms with Crippen molar-refractivity contribution in [2.24, 2.45) is 0 Å². The van der Waals surface area contributed by atoms with Crippen LogP contribution in [0.2, 0.25) is 0 Å². The molecule has 3 nitrogen and oxygen atoms in total. The van der Waals surface area contributed by atoms with Crippen molar-refractivity contribution in [3.05, 3.63) is 66.0 Å². The number of nitrogens with one attached hydrogen (secondary N) is 1. The third-order valence-electron chi connectivity index (χ3n) is 3.04. The number of hydrogen-bond acceptors (Lipinski definition) is 3. The minimum Gasteiger partial charge on any atom is -0.391 e. The Morgan fingerprint density at radius 2 is 1.82 bits per heavy atom. The summed E-state index contributed by atoms with van der Waals surface area (Å²) in [5.74, 6) is -0.427. The molecule has 0 radical (unpaired) electrons. The van der Waals surface area contributed by atoms with Gasteiger partial charge in [0.2, 0.25) is 5.91 Å². The molecule has 1 unspecified atom stereocenters. The first-order chi connectivity index (χ1) is 10.6. The maximum atomic E-state index is 13.4. The van der Waals surface area contributed by atoms with Crippen LogP contribution in [0.3, 0.4) is 0 Å². The SMILES string of the molecule is O=C(CSc1ccccc1F)NCC(O)Cc1ccccc1. The molecular weight excluding hydrogens is 301 g/mol. The van der Waals surface area contributed by atoms with Crippen LogP contribution >= 0.6 is 11.8 Å². The first kappa shape index (κ1) is 16.5. The van der Waals surface area contributed by atoms with Crippen LogP contribution in [0.15, 0.2) is 59.5 Å². The summed E-state index contributed by atoms with van der Waals surface area (Å²) in [6.07, 6.45) is -0.147. The van der Waals surface area contributed by atoms with Crippen LogP contribution in [0, 0.1) is 5.82 Å². The Morgan fingerprint density at radius 3 is 2.55 bits per heavy atom. The van der Waals surface area contributed by atoms with Gasteiger partial charge in [-0.1, -0.05) is 42.5 Å². The zero-order valence-electron chi connectivity index (χ0n) is 12.0. The van der Waals surface area contributed by atoms with Crippen molar-refractivity contribution in [2.75, 3.05) is 12.3 Å². The van der Waals surface area contributed by atoms with Gasteiger partial charge in [0, 0.05) is 17.9 Å². The molecule has 0 heterocycles. The number of amides is 1. The minimum atomic E-state index is -0.634. The first-order valence-electron chi connectivity index (χ1n) is 7.01. The molecule has 0 bridgehead atoms. The van der Waals surface area contributed by atoms with Crippen LogP contribution in [0.25, 0.3) is 0 Å². The van der Waals surface area contributed by atoms with E-state index in [1.165, 1.54) is 6.07 Å². The maximum absolute atomic E-state index is 13.4. The average Bonchev–Trinajstić information content (AvgIpc) is 2.53. The Labute approximate surface area is 133 Å². The lowest BCUT2D eigenvalue weighted by Crippen LogP contribution is -2.34. The second-order valence-corrected chi connectivity index (χ2v) is 5.88. The van der Waals surface area contributed by atoms with E-state index < -0.39 is 6.10 Å². The number of halogens is 1. The Bertz CT molecular complexity index is 607. The second-order valence-electron chi connectivity index (χ2n) is 4.87. The van der Waals surface area contributed by atoms with Crippen molar-refractivity contribution in [3.63, 3.8) is 0 Å². The molecule has 0 aliphatic carbocycles. The molecule has 0 aromatic heterocycles. The Balaban J connectivity index is 1.70. The third-order valence-corrected chi connectivity index (χ3v) is 4.09. The predicted octanol–water partition coefficient (Wildman–Crippen LogP) is 2.64. The summed E-state index contributed by atoms with van der Waals surface area (Å²) in [6, 6.07) is 15.9. The fourth-order valence-electron chi connectivity index (χ4n) is 1.95. The van der Waals surface area contributed by atoms with E-state index in [1.54, 1.807) is 18.2 Å². The highest BCUT2D eigenvalue weighted by Gasteiger charge is 2.09. The molecule has 0 spiro atoms. The standard InChI is InChI=1S/C17H18FNO2S/c18-15-8-4-5-9-16(15)22-12-17(21)19-11-14(20)10-13-6-2-1-3-7-13/h1-9,14,20H,10-12H2,(H,19,21). The number of carbonyl (C=O) groups is 1. The highest BCUT2D eigenvalue weighted by atomic mass is 32.2. The number of benzene rings is 2. The van der Waals surface area contributed by atoms with Crippen LogP contribution < -0.4 is 5.32 Å². The Hall–Kier alpha value is -1.85. The first-order valence-corrected chi connectivity index (χ1v) is 7.99. The molecule has 2 aromatic carbocycles. The van der Waals surface area contributed by atoms with Crippen LogP contribution in [-0.4, -0.2) is 29.4 Å². The van der Waals surface area contributed by atoms with Crippen LogP contribution in [0.1, 0.15) is 5.56 Å². The molecule has 0 aliphatic heterocycles. The summed E-state index contributed by atoms with van der Waals surface area (Å²) in [4.78, 5) is 12.2. The van der Waals surface area contributed by atoms with E-state index in [-0.39, 0.29) is 24.0 Å². The number of aliphatic hydroxyl groups excluding tert-OH is 1. The molecule has 0 aliphatic rings. The predicted molar refractivity (Wildman–Crippen MR) is 86.3 cm³/mol.